The molecule has 124 valence electrons. The molecule has 0 aromatic heterocycles. The van der Waals surface area contributed by atoms with E-state index in [1.54, 1.807) is 0 Å². The third-order valence-electron chi connectivity index (χ3n) is 5.41. The molecule has 2 aliphatic rings. The Hall–Kier alpha value is -1.84. The van der Waals surface area contributed by atoms with Crippen LogP contribution in [0.15, 0.2) is 24.3 Å². The first kappa shape index (κ1) is 16.0. The van der Waals surface area contributed by atoms with Crippen molar-refractivity contribution in [3.63, 3.8) is 0 Å². The highest BCUT2D eigenvalue weighted by Gasteiger charge is 2.40. The lowest BCUT2D eigenvalue weighted by Crippen LogP contribution is -2.29. The molecule has 0 saturated heterocycles. The van der Waals surface area contributed by atoms with Gasteiger partial charge in [-0.2, -0.15) is 0 Å². The first-order valence-corrected chi connectivity index (χ1v) is 8.58. The number of esters is 1. The van der Waals surface area contributed by atoms with E-state index in [-0.39, 0.29) is 18.5 Å². The largest absolute Gasteiger partial charge is 0.456 e. The Balaban J connectivity index is 1.35. The van der Waals surface area contributed by atoms with Crippen molar-refractivity contribution in [3.05, 3.63) is 35.4 Å². The molecule has 23 heavy (non-hydrogen) atoms. The van der Waals surface area contributed by atoms with Crippen LogP contribution in [0.5, 0.6) is 0 Å². The Bertz CT molecular complexity index is 584. The number of benzene rings is 1. The van der Waals surface area contributed by atoms with Crippen LogP contribution in [0.2, 0.25) is 0 Å². The van der Waals surface area contributed by atoms with E-state index < -0.39 is 0 Å². The Morgan fingerprint density at radius 3 is 2.74 bits per heavy atom. The van der Waals surface area contributed by atoms with Gasteiger partial charge in [0.05, 0.1) is 0 Å². The second kappa shape index (κ2) is 7.16. The van der Waals surface area contributed by atoms with E-state index in [1.165, 1.54) is 25.7 Å². The molecule has 1 aromatic carbocycles. The summed E-state index contributed by atoms with van der Waals surface area (Å²) < 4.78 is 5.14. The van der Waals surface area contributed by atoms with Crippen molar-refractivity contribution >= 4 is 11.9 Å². The van der Waals surface area contributed by atoms with Gasteiger partial charge in [-0.05, 0) is 55.1 Å². The lowest BCUT2D eigenvalue weighted by Gasteiger charge is -2.20. The van der Waals surface area contributed by atoms with Crippen molar-refractivity contribution in [1.82, 2.24) is 5.32 Å². The van der Waals surface area contributed by atoms with Crippen LogP contribution < -0.4 is 5.32 Å². The van der Waals surface area contributed by atoms with E-state index in [0.717, 1.165) is 17.0 Å². The maximum absolute atomic E-state index is 11.9. The average Bonchev–Trinajstić information content (AvgIpc) is 3.15. The number of ether oxygens (including phenoxy) is 1. The Labute approximate surface area is 137 Å². The van der Waals surface area contributed by atoms with Crippen molar-refractivity contribution in [2.45, 2.75) is 45.6 Å². The summed E-state index contributed by atoms with van der Waals surface area (Å²) in [6.07, 6.45) is 5.53. The third kappa shape index (κ3) is 4.12. The zero-order valence-corrected chi connectivity index (χ0v) is 13.7. The van der Waals surface area contributed by atoms with E-state index in [1.807, 2.05) is 31.2 Å². The van der Waals surface area contributed by atoms with Gasteiger partial charge < -0.3 is 10.1 Å². The van der Waals surface area contributed by atoms with Gasteiger partial charge in [0, 0.05) is 13.0 Å². The number of carbonyl (C=O) groups excluding carboxylic acids is 2. The van der Waals surface area contributed by atoms with E-state index >= 15 is 0 Å². The Kier molecular flexibility index (Phi) is 4.99. The fraction of sp³-hybridized carbons (Fsp3) is 0.579. The Morgan fingerprint density at radius 1 is 1.22 bits per heavy atom. The lowest BCUT2D eigenvalue weighted by atomic mass is 9.86. The molecule has 2 fully saturated rings. The number of aryl methyl sites for hydroxylation is 1. The molecular formula is C19H25NO3. The molecule has 2 bridgehead atoms. The van der Waals surface area contributed by atoms with Crippen molar-refractivity contribution in [3.8, 4) is 0 Å². The van der Waals surface area contributed by atoms with Crippen molar-refractivity contribution in [2.75, 3.05) is 6.61 Å². The van der Waals surface area contributed by atoms with Gasteiger partial charge in [-0.1, -0.05) is 30.7 Å². The van der Waals surface area contributed by atoms with Gasteiger partial charge in [-0.15, -0.1) is 0 Å². The van der Waals surface area contributed by atoms with Crippen LogP contribution in [0, 0.1) is 24.7 Å². The maximum atomic E-state index is 11.9. The minimum Gasteiger partial charge on any atom is -0.456 e. The zero-order chi connectivity index (χ0) is 16.2. The molecular weight excluding hydrogens is 290 g/mol. The number of hydrogen-bond acceptors (Lipinski definition) is 3. The second-order valence-corrected chi connectivity index (χ2v) is 7.00. The minimum atomic E-state index is -0.241. The molecule has 3 atom stereocenters. The van der Waals surface area contributed by atoms with Crippen LogP contribution in [0.4, 0.5) is 0 Å². The molecule has 0 aliphatic heterocycles. The van der Waals surface area contributed by atoms with Crippen molar-refractivity contribution < 1.29 is 14.3 Å². The SMILES string of the molecule is Cc1ccccc1CNC(=O)COC(=O)C[C@@H]1C[C@@H]2CC[C@@H]1C2. The molecule has 1 N–H and O–H groups in total. The van der Waals surface area contributed by atoms with E-state index in [0.29, 0.717) is 24.8 Å². The first-order chi connectivity index (χ1) is 11.1. The molecule has 3 rings (SSSR count). The second-order valence-electron chi connectivity index (χ2n) is 7.00. The number of hydrogen-bond donors (Lipinski definition) is 1. The molecule has 0 heterocycles. The van der Waals surface area contributed by atoms with E-state index in [4.69, 9.17) is 4.74 Å². The smallest absolute Gasteiger partial charge is 0.306 e. The summed E-state index contributed by atoms with van der Waals surface area (Å²) in [5, 5.41) is 2.80. The monoisotopic (exact) mass is 315 g/mol. The third-order valence-corrected chi connectivity index (χ3v) is 5.41. The maximum Gasteiger partial charge on any atom is 0.306 e. The lowest BCUT2D eigenvalue weighted by molar-refractivity contribution is -0.149. The molecule has 1 amide bonds. The van der Waals surface area contributed by atoms with Crippen LogP contribution in [0.1, 0.15) is 43.2 Å². The predicted octanol–water partition coefficient (Wildman–Crippen LogP) is 2.98. The number of fused-ring (bicyclic) bond motifs is 2. The standard InChI is InChI=1S/C19H25NO3/c1-13-4-2-3-5-16(13)11-20-18(21)12-23-19(22)10-17-9-14-6-7-15(17)8-14/h2-5,14-15,17H,6-12H2,1H3,(H,20,21)/t14-,15-,17+/m1/s1. The average molecular weight is 315 g/mol. The normalized spacial score (nSPS) is 25.3. The quantitative estimate of drug-likeness (QED) is 0.821. The molecule has 2 aliphatic carbocycles. The topological polar surface area (TPSA) is 55.4 Å². The van der Waals surface area contributed by atoms with Crippen LogP contribution >= 0.6 is 0 Å². The Morgan fingerprint density at radius 2 is 2.04 bits per heavy atom. The summed E-state index contributed by atoms with van der Waals surface area (Å²) in [5.41, 5.74) is 2.22. The fourth-order valence-corrected chi connectivity index (χ4v) is 4.10. The zero-order valence-electron chi connectivity index (χ0n) is 13.7. The summed E-state index contributed by atoms with van der Waals surface area (Å²) in [7, 11) is 0. The molecule has 1 aromatic rings. The predicted molar refractivity (Wildman–Crippen MR) is 87.5 cm³/mol. The van der Waals surface area contributed by atoms with E-state index in [2.05, 4.69) is 5.32 Å². The minimum absolute atomic E-state index is 0.175. The highest BCUT2D eigenvalue weighted by molar-refractivity contribution is 5.80. The number of nitrogens with one attached hydrogen (secondary N) is 1. The summed E-state index contributed by atoms with van der Waals surface area (Å²) >= 11 is 0. The van der Waals surface area contributed by atoms with Gasteiger partial charge in [0.15, 0.2) is 6.61 Å². The molecule has 4 nitrogen and oxygen atoms in total. The van der Waals surface area contributed by atoms with Crippen LogP contribution in [0.3, 0.4) is 0 Å². The van der Waals surface area contributed by atoms with Gasteiger partial charge in [-0.25, -0.2) is 0 Å². The summed E-state index contributed by atoms with van der Waals surface area (Å²) in [4.78, 5) is 23.7. The number of amides is 1. The van der Waals surface area contributed by atoms with Gasteiger partial charge in [-0.3, -0.25) is 9.59 Å². The van der Waals surface area contributed by atoms with Gasteiger partial charge >= 0.3 is 5.97 Å². The van der Waals surface area contributed by atoms with Crippen LogP contribution in [0.25, 0.3) is 0 Å². The van der Waals surface area contributed by atoms with Crippen LogP contribution in [-0.2, 0) is 20.9 Å². The molecule has 2 saturated carbocycles. The van der Waals surface area contributed by atoms with Gasteiger partial charge in [0.25, 0.3) is 5.91 Å². The highest BCUT2D eigenvalue weighted by atomic mass is 16.5. The number of rotatable bonds is 6. The van der Waals surface area contributed by atoms with E-state index in [9.17, 15) is 9.59 Å². The number of carbonyl (C=O) groups is 2. The fourth-order valence-electron chi connectivity index (χ4n) is 4.10. The molecule has 0 unspecified atom stereocenters. The van der Waals surface area contributed by atoms with Crippen molar-refractivity contribution in [1.29, 1.82) is 0 Å². The highest BCUT2D eigenvalue weighted by Crippen LogP contribution is 2.49. The van der Waals surface area contributed by atoms with Gasteiger partial charge in [0.2, 0.25) is 0 Å². The molecule has 4 heteroatoms. The summed E-state index contributed by atoms with van der Waals surface area (Å²) in [6.45, 7) is 2.30. The first-order valence-electron chi connectivity index (χ1n) is 8.58. The van der Waals surface area contributed by atoms with Gasteiger partial charge in [0.1, 0.15) is 0 Å². The summed E-state index contributed by atoms with van der Waals surface area (Å²) in [6, 6.07) is 7.91. The molecule has 0 radical (unpaired) electrons. The summed E-state index contributed by atoms with van der Waals surface area (Å²) in [5.74, 6) is 1.55. The molecule has 0 spiro atoms. The van der Waals surface area contributed by atoms with Crippen molar-refractivity contribution in [2.24, 2.45) is 17.8 Å². The van der Waals surface area contributed by atoms with Crippen LogP contribution in [-0.4, -0.2) is 18.5 Å².